The van der Waals surface area contributed by atoms with Gasteiger partial charge < -0.3 is 9.16 Å². The lowest BCUT2D eigenvalue weighted by Crippen LogP contribution is -2.44. The fourth-order valence-corrected chi connectivity index (χ4v) is 2.31. The molecule has 1 rings (SSSR count). The second kappa shape index (κ2) is 5.14. The number of carbonyl (C=O) groups is 1. The van der Waals surface area contributed by atoms with E-state index in [0.29, 0.717) is 17.1 Å². The Morgan fingerprint density at radius 3 is 2.28 bits per heavy atom. The first kappa shape index (κ1) is 14.8. The second-order valence-electron chi connectivity index (χ2n) is 5.88. The van der Waals surface area contributed by atoms with Crippen LogP contribution in [0.15, 0.2) is 18.2 Å². The standard InChI is InChI=1S/C14H22O3Si/c1-14(2,3)18(5,6)17-13-8-7-12(16-4)9-11(13)10-15/h7-10H,1-6H3. The highest BCUT2D eigenvalue weighted by Crippen LogP contribution is 2.38. The zero-order valence-corrected chi connectivity index (χ0v) is 13.0. The summed E-state index contributed by atoms with van der Waals surface area (Å²) in [6.07, 6.45) is 0.811. The number of benzene rings is 1. The Kier molecular flexibility index (Phi) is 4.22. The van der Waals surface area contributed by atoms with E-state index in [0.717, 1.165) is 6.29 Å². The number of hydrogen-bond donors (Lipinski definition) is 0. The summed E-state index contributed by atoms with van der Waals surface area (Å²) in [6, 6.07) is 5.33. The Balaban J connectivity index is 3.08. The predicted octanol–water partition coefficient (Wildman–Crippen LogP) is 3.89. The fourth-order valence-electron chi connectivity index (χ4n) is 1.27. The van der Waals surface area contributed by atoms with Crippen molar-refractivity contribution in [2.24, 2.45) is 0 Å². The molecule has 0 bridgehead atoms. The van der Waals surface area contributed by atoms with E-state index in [9.17, 15) is 4.79 Å². The van der Waals surface area contributed by atoms with Crippen LogP contribution < -0.4 is 9.16 Å². The van der Waals surface area contributed by atoms with Crippen LogP contribution in [0.5, 0.6) is 11.5 Å². The SMILES string of the molecule is COc1ccc(O[Si](C)(C)C(C)(C)C)c(C=O)c1. The Labute approximate surface area is 110 Å². The number of hydrogen-bond acceptors (Lipinski definition) is 3. The van der Waals surface area contributed by atoms with Gasteiger partial charge >= 0.3 is 0 Å². The van der Waals surface area contributed by atoms with Crippen molar-refractivity contribution in [3.8, 4) is 11.5 Å². The lowest BCUT2D eigenvalue weighted by Gasteiger charge is -2.36. The molecule has 18 heavy (non-hydrogen) atoms. The molecule has 1 aromatic carbocycles. The molecule has 0 unspecified atom stereocenters. The highest BCUT2D eigenvalue weighted by molar-refractivity contribution is 6.74. The summed E-state index contributed by atoms with van der Waals surface area (Å²) in [5.41, 5.74) is 0.541. The molecule has 0 aliphatic heterocycles. The molecule has 0 fully saturated rings. The van der Waals surface area contributed by atoms with Crippen molar-refractivity contribution >= 4 is 14.6 Å². The first-order valence-corrected chi connectivity index (χ1v) is 8.94. The highest BCUT2D eigenvalue weighted by atomic mass is 28.4. The molecule has 0 saturated heterocycles. The molecule has 0 atom stereocenters. The van der Waals surface area contributed by atoms with Gasteiger partial charge in [0.25, 0.3) is 8.32 Å². The minimum Gasteiger partial charge on any atom is -0.543 e. The molecule has 0 aromatic heterocycles. The quantitative estimate of drug-likeness (QED) is 0.612. The molecule has 0 aliphatic carbocycles. The Morgan fingerprint density at radius 2 is 1.83 bits per heavy atom. The summed E-state index contributed by atoms with van der Waals surface area (Å²) >= 11 is 0. The van der Waals surface area contributed by atoms with Crippen LogP contribution >= 0.6 is 0 Å². The van der Waals surface area contributed by atoms with Crippen molar-refractivity contribution in [1.82, 2.24) is 0 Å². The van der Waals surface area contributed by atoms with Crippen molar-refractivity contribution < 1.29 is 14.0 Å². The van der Waals surface area contributed by atoms with Gasteiger partial charge in [-0.1, -0.05) is 20.8 Å². The van der Waals surface area contributed by atoms with Crippen LogP contribution in [0.2, 0.25) is 18.1 Å². The maximum Gasteiger partial charge on any atom is 0.250 e. The Bertz CT molecular complexity index is 433. The highest BCUT2D eigenvalue weighted by Gasteiger charge is 2.39. The average molecular weight is 266 g/mol. The largest absolute Gasteiger partial charge is 0.543 e. The van der Waals surface area contributed by atoms with Gasteiger partial charge in [0, 0.05) is 0 Å². The smallest absolute Gasteiger partial charge is 0.250 e. The molecule has 100 valence electrons. The van der Waals surface area contributed by atoms with Gasteiger partial charge in [0.15, 0.2) is 6.29 Å². The van der Waals surface area contributed by atoms with E-state index in [1.54, 1.807) is 13.2 Å². The van der Waals surface area contributed by atoms with Crippen LogP contribution in [0.1, 0.15) is 31.1 Å². The van der Waals surface area contributed by atoms with Gasteiger partial charge in [-0.25, -0.2) is 0 Å². The first-order valence-electron chi connectivity index (χ1n) is 6.03. The average Bonchev–Trinajstić information content (AvgIpc) is 2.27. The van der Waals surface area contributed by atoms with Gasteiger partial charge in [0.1, 0.15) is 11.5 Å². The van der Waals surface area contributed by atoms with Crippen LogP contribution in [-0.4, -0.2) is 21.7 Å². The van der Waals surface area contributed by atoms with E-state index < -0.39 is 8.32 Å². The lowest BCUT2D eigenvalue weighted by molar-refractivity contribution is 0.112. The van der Waals surface area contributed by atoms with Gasteiger partial charge in [-0.3, -0.25) is 4.79 Å². The fraction of sp³-hybridized carbons (Fsp3) is 0.500. The van der Waals surface area contributed by atoms with E-state index in [4.69, 9.17) is 9.16 Å². The van der Waals surface area contributed by atoms with Crippen molar-refractivity contribution in [2.75, 3.05) is 7.11 Å². The molecule has 0 amide bonds. The molecule has 1 aromatic rings. The summed E-state index contributed by atoms with van der Waals surface area (Å²) < 4.78 is 11.2. The van der Waals surface area contributed by atoms with Gasteiger partial charge in [-0.05, 0) is 36.3 Å². The molecule has 0 aliphatic rings. The maximum absolute atomic E-state index is 11.1. The topological polar surface area (TPSA) is 35.5 Å². The summed E-state index contributed by atoms with van der Waals surface area (Å²) in [6.45, 7) is 10.8. The van der Waals surface area contributed by atoms with Gasteiger partial charge in [-0.2, -0.15) is 0 Å². The van der Waals surface area contributed by atoms with Gasteiger partial charge in [0.2, 0.25) is 0 Å². The van der Waals surface area contributed by atoms with Crippen LogP contribution in [-0.2, 0) is 0 Å². The molecule has 0 saturated carbocycles. The van der Waals surface area contributed by atoms with Gasteiger partial charge in [-0.15, -0.1) is 0 Å². The number of rotatable bonds is 4. The van der Waals surface area contributed by atoms with Gasteiger partial charge in [0.05, 0.1) is 12.7 Å². The molecule has 4 heteroatoms. The van der Waals surface area contributed by atoms with E-state index in [2.05, 4.69) is 33.9 Å². The minimum atomic E-state index is -1.92. The zero-order chi connectivity index (χ0) is 14.0. The van der Waals surface area contributed by atoms with E-state index in [1.807, 2.05) is 12.1 Å². The van der Waals surface area contributed by atoms with Crippen LogP contribution in [0.25, 0.3) is 0 Å². The van der Waals surface area contributed by atoms with Crippen LogP contribution in [0, 0.1) is 0 Å². The summed E-state index contributed by atoms with van der Waals surface area (Å²) in [4.78, 5) is 11.1. The third-order valence-electron chi connectivity index (χ3n) is 3.52. The van der Waals surface area contributed by atoms with Crippen LogP contribution in [0.3, 0.4) is 0 Å². The van der Waals surface area contributed by atoms with Crippen molar-refractivity contribution in [2.45, 2.75) is 38.9 Å². The van der Waals surface area contributed by atoms with E-state index >= 15 is 0 Å². The molecule has 0 N–H and O–H groups in total. The lowest BCUT2D eigenvalue weighted by atomic mass is 10.2. The second-order valence-corrected chi connectivity index (χ2v) is 10.6. The first-order chi connectivity index (χ1) is 8.21. The molecule has 3 nitrogen and oxygen atoms in total. The third-order valence-corrected chi connectivity index (χ3v) is 7.86. The minimum absolute atomic E-state index is 0.104. The summed E-state index contributed by atoms with van der Waals surface area (Å²) in [5.74, 6) is 1.32. The maximum atomic E-state index is 11.1. The van der Waals surface area contributed by atoms with Crippen molar-refractivity contribution in [1.29, 1.82) is 0 Å². The predicted molar refractivity (Wildman–Crippen MR) is 76.2 cm³/mol. The van der Waals surface area contributed by atoms with Crippen LogP contribution in [0.4, 0.5) is 0 Å². The monoisotopic (exact) mass is 266 g/mol. The number of aldehydes is 1. The molecule has 0 radical (unpaired) electrons. The van der Waals surface area contributed by atoms with E-state index in [-0.39, 0.29) is 5.04 Å². The molecular weight excluding hydrogens is 244 g/mol. The Hall–Kier alpha value is -1.29. The summed E-state index contributed by atoms with van der Waals surface area (Å²) in [7, 11) is -0.339. The number of methoxy groups -OCH3 is 1. The summed E-state index contributed by atoms with van der Waals surface area (Å²) in [5, 5.41) is 0.104. The third kappa shape index (κ3) is 3.13. The number of ether oxygens (including phenoxy) is 1. The van der Waals surface area contributed by atoms with E-state index in [1.165, 1.54) is 0 Å². The normalized spacial score (nSPS) is 12.1. The van der Waals surface area contributed by atoms with Crippen molar-refractivity contribution in [3.05, 3.63) is 23.8 Å². The number of carbonyl (C=O) groups excluding carboxylic acids is 1. The zero-order valence-electron chi connectivity index (χ0n) is 12.0. The molecule has 0 spiro atoms. The Morgan fingerprint density at radius 1 is 1.22 bits per heavy atom. The molecular formula is C14H22O3Si. The molecule has 0 heterocycles. The van der Waals surface area contributed by atoms with Crippen molar-refractivity contribution in [3.63, 3.8) is 0 Å².